The van der Waals surface area contributed by atoms with Gasteiger partial charge in [-0.15, -0.1) is 0 Å². The summed E-state index contributed by atoms with van der Waals surface area (Å²) in [6.45, 7) is 5.52. The summed E-state index contributed by atoms with van der Waals surface area (Å²) in [5.74, 6) is 1.09. The fraction of sp³-hybridized carbons (Fsp3) is 0.864. The molecule has 1 rings (SSSR count). The Morgan fingerprint density at radius 1 is 0.833 bits per heavy atom. The van der Waals surface area contributed by atoms with Crippen molar-refractivity contribution >= 4 is 5.84 Å². The average molecular weight is 335 g/mol. The van der Waals surface area contributed by atoms with Crippen LogP contribution in [0.4, 0.5) is 0 Å². The van der Waals surface area contributed by atoms with Gasteiger partial charge in [-0.2, -0.15) is 0 Å². The van der Waals surface area contributed by atoms with Gasteiger partial charge in [-0.05, 0) is 25.3 Å². The van der Waals surface area contributed by atoms with E-state index < -0.39 is 0 Å². The van der Waals surface area contributed by atoms with Crippen molar-refractivity contribution in [2.75, 3.05) is 6.54 Å². The Kier molecular flexibility index (Phi) is 13.9. The van der Waals surface area contributed by atoms with Crippen LogP contribution in [0.5, 0.6) is 0 Å². The summed E-state index contributed by atoms with van der Waals surface area (Å²) < 4.78 is 0. The van der Waals surface area contributed by atoms with Crippen molar-refractivity contribution < 1.29 is 0 Å². The molecule has 0 amide bonds. The second-order valence-electron chi connectivity index (χ2n) is 7.39. The van der Waals surface area contributed by atoms with Crippen LogP contribution in [0.1, 0.15) is 110 Å². The smallest absolute Gasteiger partial charge is 0.120 e. The average Bonchev–Trinajstić information content (AvgIpc) is 3.06. The van der Waals surface area contributed by atoms with E-state index in [1.54, 1.807) is 0 Å². The Morgan fingerprint density at radius 3 is 1.88 bits per heavy atom. The summed E-state index contributed by atoms with van der Waals surface area (Å²) in [6.07, 6.45) is 25.4. The number of allylic oxidation sites excluding steroid dienone is 1. The van der Waals surface area contributed by atoms with Crippen LogP contribution in [0.2, 0.25) is 0 Å². The predicted molar refractivity (Wildman–Crippen MR) is 109 cm³/mol. The second kappa shape index (κ2) is 15.7. The number of rotatable bonds is 16. The third-order valence-electron chi connectivity index (χ3n) is 5.06. The lowest BCUT2D eigenvalue weighted by Gasteiger charge is -2.02. The van der Waals surface area contributed by atoms with E-state index in [1.807, 2.05) is 0 Å². The van der Waals surface area contributed by atoms with Crippen LogP contribution < -0.4 is 5.32 Å². The molecule has 0 spiro atoms. The first-order valence-electron chi connectivity index (χ1n) is 10.8. The summed E-state index contributed by atoms with van der Waals surface area (Å²) in [5.41, 5.74) is 0. The van der Waals surface area contributed by atoms with Crippen molar-refractivity contribution in [1.82, 2.24) is 5.32 Å². The van der Waals surface area contributed by atoms with Crippen molar-refractivity contribution in [2.45, 2.75) is 116 Å². The molecule has 0 fully saturated rings. The number of hydrogen-bond acceptors (Lipinski definition) is 2. The van der Waals surface area contributed by atoms with Gasteiger partial charge in [0, 0.05) is 6.54 Å². The summed E-state index contributed by atoms with van der Waals surface area (Å²) in [6, 6.07) is 0.501. The normalized spacial score (nSPS) is 17.4. The third kappa shape index (κ3) is 11.7. The fourth-order valence-corrected chi connectivity index (χ4v) is 3.32. The van der Waals surface area contributed by atoms with E-state index in [2.05, 4.69) is 36.3 Å². The zero-order chi connectivity index (χ0) is 17.3. The first-order valence-corrected chi connectivity index (χ1v) is 10.8. The highest BCUT2D eigenvalue weighted by molar-refractivity contribution is 5.94. The highest BCUT2D eigenvalue weighted by Gasteiger charge is 2.11. The van der Waals surface area contributed by atoms with Crippen molar-refractivity contribution in [2.24, 2.45) is 4.99 Å². The summed E-state index contributed by atoms with van der Waals surface area (Å²) >= 11 is 0. The Balaban J connectivity index is 1.78. The van der Waals surface area contributed by atoms with E-state index in [0.717, 1.165) is 18.8 Å². The molecule has 0 bridgehead atoms. The minimum atomic E-state index is 0.501. The summed E-state index contributed by atoms with van der Waals surface area (Å²) in [5, 5.41) is 3.37. The zero-order valence-electron chi connectivity index (χ0n) is 16.5. The maximum absolute atomic E-state index is 4.63. The van der Waals surface area contributed by atoms with Crippen molar-refractivity contribution in [3.8, 4) is 0 Å². The number of amidine groups is 1. The molecule has 1 heterocycles. The minimum Gasteiger partial charge on any atom is -0.368 e. The Bertz CT molecular complexity index is 333. The van der Waals surface area contributed by atoms with Gasteiger partial charge in [0.05, 0.1) is 6.04 Å². The molecule has 1 N–H and O–H groups in total. The van der Waals surface area contributed by atoms with Gasteiger partial charge in [0.1, 0.15) is 5.84 Å². The fourth-order valence-electron chi connectivity index (χ4n) is 3.32. The van der Waals surface area contributed by atoms with Crippen molar-refractivity contribution in [3.63, 3.8) is 0 Å². The van der Waals surface area contributed by atoms with Gasteiger partial charge in [-0.25, -0.2) is 0 Å². The molecule has 0 aromatic carbocycles. The molecular weight excluding hydrogens is 292 g/mol. The molecule has 0 saturated carbocycles. The topological polar surface area (TPSA) is 24.4 Å². The van der Waals surface area contributed by atoms with Gasteiger partial charge >= 0.3 is 0 Å². The van der Waals surface area contributed by atoms with Crippen LogP contribution >= 0.6 is 0 Å². The standard InChI is InChI=1S/C22H42N2/c1-3-5-6-7-8-9-10-11-12-13-14-15-16-17-18-19-22-23-20-21(4-2)24-22/h18-19,21H,3-17,20H2,1-2H3,(H,23,24). The van der Waals surface area contributed by atoms with E-state index >= 15 is 0 Å². The molecule has 2 heteroatoms. The lowest BCUT2D eigenvalue weighted by molar-refractivity contribution is 0.540. The molecule has 0 aromatic heterocycles. The molecule has 0 aliphatic carbocycles. The van der Waals surface area contributed by atoms with E-state index in [-0.39, 0.29) is 0 Å². The highest BCUT2D eigenvalue weighted by atomic mass is 15.1. The molecule has 24 heavy (non-hydrogen) atoms. The molecule has 1 aliphatic heterocycles. The molecule has 140 valence electrons. The maximum Gasteiger partial charge on any atom is 0.120 e. The van der Waals surface area contributed by atoms with E-state index in [4.69, 9.17) is 0 Å². The van der Waals surface area contributed by atoms with Gasteiger partial charge in [0.25, 0.3) is 0 Å². The molecule has 1 aliphatic rings. The molecule has 1 unspecified atom stereocenters. The van der Waals surface area contributed by atoms with E-state index in [9.17, 15) is 0 Å². The van der Waals surface area contributed by atoms with Crippen LogP contribution in [0.3, 0.4) is 0 Å². The largest absolute Gasteiger partial charge is 0.368 e. The van der Waals surface area contributed by atoms with E-state index in [0.29, 0.717) is 6.04 Å². The Labute approximate surface area is 151 Å². The lowest BCUT2D eigenvalue weighted by atomic mass is 10.0. The number of nitrogens with zero attached hydrogens (tertiary/aromatic N) is 1. The monoisotopic (exact) mass is 334 g/mol. The Hall–Kier alpha value is -0.790. The minimum absolute atomic E-state index is 0.501. The van der Waals surface area contributed by atoms with Gasteiger partial charge in [-0.3, -0.25) is 4.99 Å². The quantitative estimate of drug-likeness (QED) is 0.308. The summed E-state index contributed by atoms with van der Waals surface area (Å²) in [4.78, 5) is 4.63. The van der Waals surface area contributed by atoms with Crippen molar-refractivity contribution in [1.29, 1.82) is 0 Å². The zero-order valence-corrected chi connectivity index (χ0v) is 16.5. The van der Waals surface area contributed by atoms with Gasteiger partial charge in [-0.1, -0.05) is 97.0 Å². The Morgan fingerprint density at radius 2 is 1.38 bits per heavy atom. The summed E-state index contributed by atoms with van der Waals surface area (Å²) in [7, 11) is 0. The van der Waals surface area contributed by atoms with Crippen molar-refractivity contribution in [3.05, 3.63) is 12.2 Å². The SMILES string of the molecule is CCCCCCCCCCCCCCCC=CC1=NC(CC)CN1. The number of nitrogens with one attached hydrogen (secondary N) is 1. The lowest BCUT2D eigenvalue weighted by Crippen LogP contribution is -2.19. The van der Waals surface area contributed by atoms with Crippen LogP contribution in [-0.4, -0.2) is 18.4 Å². The highest BCUT2D eigenvalue weighted by Crippen LogP contribution is 2.13. The van der Waals surface area contributed by atoms with Gasteiger partial charge in [0.15, 0.2) is 0 Å². The second-order valence-corrected chi connectivity index (χ2v) is 7.39. The van der Waals surface area contributed by atoms with Crippen LogP contribution in [-0.2, 0) is 0 Å². The third-order valence-corrected chi connectivity index (χ3v) is 5.06. The molecule has 1 atom stereocenters. The number of aliphatic imine (C=N–C) groups is 1. The first-order chi connectivity index (χ1) is 11.9. The van der Waals surface area contributed by atoms with Crippen LogP contribution in [0.25, 0.3) is 0 Å². The van der Waals surface area contributed by atoms with Gasteiger partial charge in [0.2, 0.25) is 0 Å². The van der Waals surface area contributed by atoms with Gasteiger partial charge < -0.3 is 5.32 Å². The number of unbranched alkanes of at least 4 members (excludes halogenated alkanes) is 13. The molecule has 0 radical (unpaired) electrons. The first kappa shape index (κ1) is 21.3. The molecule has 2 nitrogen and oxygen atoms in total. The molecule has 0 aromatic rings. The number of hydrogen-bond donors (Lipinski definition) is 1. The van der Waals surface area contributed by atoms with Crippen LogP contribution in [0, 0.1) is 0 Å². The van der Waals surface area contributed by atoms with E-state index in [1.165, 1.54) is 89.9 Å². The predicted octanol–water partition coefficient (Wildman–Crippen LogP) is 6.80. The molecular formula is C22H42N2. The maximum atomic E-state index is 4.63. The molecule has 0 saturated heterocycles. The van der Waals surface area contributed by atoms with Crippen LogP contribution in [0.15, 0.2) is 17.1 Å².